The van der Waals surface area contributed by atoms with Crippen molar-refractivity contribution in [1.82, 2.24) is 0 Å². The van der Waals surface area contributed by atoms with E-state index < -0.39 is 17.5 Å². The summed E-state index contributed by atoms with van der Waals surface area (Å²) < 4.78 is 54.4. The molecule has 4 heteroatoms. The van der Waals surface area contributed by atoms with Crippen LogP contribution in [0.2, 0.25) is 0 Å². The van der Waals surface area contributed by atoms with E-state index in [1.165, 1.54) is 11.6 Å². The van der Waals surface area contributed by atoms with Crippen molar-refractivity contribution < 1.29 is 17.6 Å². The zero-order valence-corrected chi connectivity index (χ0v) is 17.9. The van der Waals surface area contributed by atoms with Crippen LogP contribution in [0.5, 0.6) is 0 Å². The molecule has 0 atom stereocenters. The van der Waals surface area contributed by atoms with Gasteiger partial charge in [0, 0.05) is 0 Å². The van der Waals surface area contributed by atoms with E-state index in [4.69, 9.17) is 0 Å². The van der Waals surface area contributed by atoms with Gasteiger partial charge in [-0.2, -0.15) is 0 Å². The van der Waals surface area contributed by atoms with Crippen LogP contribution in [-0.4, -0.2) is 0 Å². The maximum absolute atomic E-state index is 14.6. The predicted molar refractivity (Wildman–Crippen MR) is 122 cm³/mol. The van der Waals surface area contributed by atoms with Gasteiger partial charge in [0.05, 0.1) is 0 Å². The number of benzene rings is 3. The van der Waals surface area contributed by atoms with Gasteiger partial charge in [-0.3, -0.25) is 0 Å². The minimum Gasteiger partial charge on any atom is -0.207 e. The number of halogens is 4. The second-order valence-electron chi connectivity index (χ2n) is 7.75. The summed E-state index contributed by atoms with van der Waals surface area (Å²) >= 11 is 0. The molecule has 0 nitrogen and oxygen atoms in total. The van der Waals surface area contributed by atoms with Crippen LogP contribution in [-0.2, 0) is 19.3 Å². The van der Waals surface area contributed by atoms with E-state index in [1.54, 1.807) is 6.07 Å². The van der Waals surface area contributed by atoms with Crippen molar-refractivity contribution in [2.24, 2.45) is 0 Å². The first-order chi connectivity index (χ1) is 15.5. The molecule has 0 aliphatic heterocycles. The molecule has 3 rings (SSSR count). The lowest BCUT2D eigenvalue weighted by atomic mass is 9.98. The quantitative estimate of drug-likeness (QED) is 0.130. The Balaban J connectivity index is 1.59. The van der Waals surface area contributed by atoms with Crippen molar-refractivity contribution in [2.45, 2.75) is 38.5 Å². The molecule has 32 heavy (non-hydrogen) atoms. The van der Waals surface area contributed by atoms with Crippen LogP contribution in [0.3, 0.4) is 0 Å². The summed E-state index contributed by atoms with van der Waals surface area (Å²) in [6.07, 6.45) is 10.7. The number of hydrogen-bond donors (Lipinski definition) is 0. The molecular formula is C28H26F4. The van der Waals surface area contributed by atoms with Crippen LogP contribution >= 0.6 is 0 Å². The Hall–Kier alpha value is -3.14. The maximum Gasteiger partial charge on any atom is 0.194 e. The van der Waals surface area contributed by atoms with Gasteiger partial charge in [0.2, 0.25) is 0 Å². The molecule has 0 saturated heterocycles. The van der Waals surface area contributed by atoms with Gasteiger partial charge in [-0.25, -0.2) is 17.6 Å². The second-order valence-corrected chi connectivity index (χ2v) is 7.75. The zero-order chi connectivity index (χ0) is 22.9. The average Bonchev–Trinajstić information content (AvgIpc) is 2.79. The second kappa shape index (κ2) is 11.5. The fourth-order valence-electron chi connectivity index (χ4n) is 3.52. The Morgan fingerprint density at radius 1 is 0.594 bits per heavy atom. The molecule has 0 saturated carbocycles. The van der Waals surface area contributed by atoms with Crippen molar-refractivity contribution in [1.29, 1.82) is 0 Å². The first kappa shape index (κ1) is 23.5. The van der Waals surface area contributed by atoms with Gasteiger partial charge in [0.1, 0.15) is 5.82 Å². The monoisotopic (exact) mass is 438 g/mol. The van der Waals surface area contributed by atoms with Crippen molar-refractivity contribution in [3.05, 3.63) is 119 Å². The molecule has 3 aromatic carbocycles. The molecular weight excluding hydrogens is 412 g/mol. The fraction of sp³-hybridized carbons (Fsp3) is 0.214. The third kappa shape index (κ3) is 6.43. The molecule has 0 aliphatic carbocycles. The predicted octanol–water partition coefficient (Wildman–Crippen LogP) is 8.15. The van der Waals surface area contributed by atoms with Crippen LogP contribution in [0.25, 0.3) is 11.1 Å². The van der Waals surface area contributed by atoms with Crippen molar-refractivity contribution in [2.75, 3.05) is 0 Å². The number of hydrogen-bond acceptors (Lipinski definition) is 0. The summed E-state index contributed by atoms with van der Waals surface area (Å²) in [4.78, 5) is 0. The lowest BCUT2D eigenvalue weighted by Crippen LogP contribution is -1.99. The highest BCUT2D eigenvalue weighted by molar-refractivity contribution is 5.64. The van der Waals surface area contributed by atoms with Gasteiger partial charge in [0.25, 0.3) is 0 Å². The number of allylic oxidation sites excluding steroid dienone is 3. The van der Waals surface area contributed by atoms with E-state index in [-0.39, 0.29) is 24.2 Å². The molecule has 0 aromatic heterocycles. The van der Waals surface area contributed by atoms with Gasteiger partial charge in [-0.05, 0) is 84.5 Å². The molecule has 0 amide bonds. The number of aryl methyl sites for hydroxylation is 3. The molecule has 0 radical (unpaired) electrons. The van der Waals surface area contributed by atoms with Crippen molar-refractivity contribution in [3.63, 3.8) is 0 Å². The Labute approximate surface area is 186 Å². The molecule has 0 bridgehead atoms. The lowest BCUT2D eigenvalue weighted by molar-refractivity contribution is 0.445. The normalized spacial score (nSPS) is 11.2. The molecule has 0 aliphatic rings. The van der Waals surface area contributed by atoms with E-state index in [0.717, 1.165) is 48.9 Å². The fourth-order valence-corrected chi connectivity index (χ4v) is 3.52. The topological polar surface area (TPSA) is 0 Å². The van der Waals surface area contributed by atoms with Gasteiger partial charge >= 0.3 is 0 Å². The Morgan fingerprint density at radius 2 is 1.25 bits per heavy atom. The molecule has 0 N–H and O–H groups in total. The SMILES string of the molecule is C=CCCC=CCCc1ccc(-c2ccc(CCc3cc(F)c(F)c(F)c3)c(F)c2)cc1. The summed E-state index contributed by atoms with van der Waals surface area (Å²) in [5.41, 5.74) is 3.64. The molecule has 3 aromatic rings. The van der Waals surface area contributed by atoms with Crippen LogP contribution in [0.15, 0.2) is 79.4 Å². The highest BCUT2D eigenvalue weighted by atomic mass is 19.2. The summed E-state index contributed by atoms with van der Waals surface area (Å²) in [7, 11) is 0. The van der Waals surface area contributed by atoms with E-state index >= 15 is 0 Å². The minimum atomic E-state index is -1.49. The summed E-state index contributed by atoms with van der Waals surface area (Å²) in [6, 6.07) is 15.0. The van der Waals surface area contributed by atoms with E-state index in [1.807, 2.05) is 24.3 Å². The van der Waals surface area contributed by atoms with Crippen LogP contribution in [0, 0.1) is 23.3 Å². The van der Waals surface area contributed by atoms with Gasteiger partial charge < -0.3 is 0 Å². The third-order valence-electron chi connectivity index (χ3n) is 5.37. The summed E-state index contributed by atoms with van der Waals surface area (Å²) in [5, 5.41) is 0. The molecule has 0 heterocycles. The Kier molecular flexibility index (Phi) is 8.43. The minimum absolute atomic E-state index is 0.209. The maximum atomic E-state index is 14.6. The van der Waals surface area contributed by atoms with Gasteiger partial charge in [-0.1, -0.05) is 54.6 Å². The molecule has 0 unspecified atom stereocenters. The smallest absolute Gasteiger partial charge is 0.194 e. The molecule has 0 spiro atoms. The molecule has 166 valence electrons. The highest BCUT2D eigenvalue weighted by Crippen LogP contribution is 2.24. The Bertz CT molecular complexity index is 1060. The molecule has 0 fully saturated rings. The summed E-state index contributed by atoms with van der Waals surface area (Å²) in [6.45, 7) is 3.71. The van der Waals surface area contributed by atoms with Crippen LogP contribution in [0.1, 0.15) is 36.0 Å². The number of rotatable bonds is 10. The van der Waals surface area contributed by atoms with E-state index in [9.17, 15) is 17.6 Å². The van der Waals surface area contributed by atoms with Gasteiger partial charge in [-0.15, -0.1) is 6.58 Å². The van der Waals surface area contributed by atoms with Crippen LogP contribution in [0.4, 0.5) is 17.6 Å². The highest BCUT2D eigenvalue weighted by Gasteiger charge is 2.12. The Morgan fingerprint density at radius 3 is 1.91 bits per heavy atom. The zero-order valence-electron chi connectivity index (χ0n) is 17.9. The van der Waals surface area contributed by atoms with Crippen molar-refractivity contribution in [3.8, 4) is 11.1 Å². The third-order valence-corrected chi connectivity index (χ3v) is 5.37. The first-order valence-electron chi connectivity index (χ1n) is 10.7. The van der Waals surface area contributed by atoms with Crippen LogP contribution < -0.4 is 0 Å². The average molecular weight is 439 g/mol. The summed E-state index contributed by atoms with van der Waals surface area (Å²) in [5.74, 6) is -4.33. The van der Waals surface area contributed by atoms with E-state index in [2.05, 4.69) is 30.9 Å². The largest absolute Gasteiger partial charge is 0.207 e. The lowest BCUT2D eigenvalue weighted by Gasteiger charge is -2.08. The first-order valence-corrected chi connectivity index (χ1v) is 10.7. The van der Waals surface area contributed by atoms with Crippen molar-refractivity contribution >= 4 is 0 Å². The van der Waals surface area contributed by atoms with Gasteiger partial charge in [0.15, 0.2) is 17.5 Å². The standard InChI is InChI=1S/C28H26F4/c1-2-3-4-5-6-7-8-20-9-12-22(13-10-20)24-16-15-23(25(29)19-24)14-11-21-17-26(30)28(32)27(31)18-21/h2,5-6,9-10,12-13,15-19H,1,3-4,7-8,11,14H2. The number of unbranched alkanes of at least 4 members (excludes halogenated alkanes) is 1. The van der Waals surface area contributed by atoms with E-state index in [0.29, 0.717) is 5.56 Å².